The van der Waals surface area contributed by atoms with Crippen LogP contribution in [0.15, 0.2) is 40.7 Å². The van der Waals surface area contributed by atoms with E-state index in [1.165, 1.54) is 35.3 Å². The minimum Gasteiger partial charge on any atom is -0.370 e. The Morgan fingerprint density at radius 2 is 2.10 bits per heavy atom. The van der Waals surface area contributed by atoms with Crippen LogP contribution in [0.25, 0.3) is 0 Å². The first kappa shape index (κ1) is 14.1. The Labute approximate surface area is 129 Å². The van der Waals surface area contributed by atoms with Crippen LogP contribution in [0.5, 0.6) is 0 Å². The molecule has 21 heavy (non-hydrogen) atoms. The lowest BCUT2D eigenvalue weighted by Crippen LogP contribution is -2.24. The molecule has 0 saturated heterocycles. The molecule has 0 aliphatic heterocycles. The SMILES string of the molecule is NC(=NCCc1cccs1)Nc1cccc2c1CCCC2. The molecule has 1 aliphatic carbocycles. The van der Waals surface area contributed by atoms with Crippen molar-refractivity contribution in [3.05, 3.63) is 51.7 Å². The summed E-state index contributed by atoms with van der Waals surface area (Å²) in [7, 11) is 0. The number of aryl methyl sites for hydroxylation is 1. The molecule has 3 rings (SSSR count). The van der Waals surface area contributed by atoms with Crippen LogP contribution >= 0.6 is 11.3 Å². The van der Waals surface area contributed by atoms with Gasteiger partial charge in [-0.1, -0.05) is 18.2 Å². The van der Waals surface area contributed by atoms with Crippen molar-refractivity contribution in [2.75, 3.05) is 11.9 Å². The number of nitrogens with two attached hydrogens (primary N) is 1. The van der Waals surface area contributed by atoms with E-state index in [1.807, 2.05) is 0 Å². The van der Waals surface area contributed by atoms with E-state index >= 15 is 0 Å². The van der Waals surface area contributed by atoms with E-state index < -0.39 is 0 Å². The summed E-state index contributed by atoms with van der Waals surface area (Å²) in [5.74, 6) is 0.519. The highest BCUT2D eigenvalue weighted by Crippen LogP contribution is 2.27. The Morgan fingerprint density at radius 1 is 1.19 bits per heavy atom. The quantitative estimate of drug-likeness (QED) is 0.669. The molecule has 1 aromatic carbocycles. The number of guanidine groups is 1. The van der Waals surface area contributed by atoms with Gasteiger partial charge in [0.15, 0.2) is 5.96 Å². The highest BCUT2D eigenvalue weighted by atomic mass is 32.1. The fourth-order valence-electron chi connectivity index (χ4n) is 2.82. The summed E-state index contributed by atoms with van der Waals surface area (Å²) >= 11 is 1.77. The maximum atomic E-state index is 6.02. The molecule has 0 saturated carbocycles. The number of fused-ring (bicyclic) bond motifs is 1. The highest BCUT2D eigenvalue weighted by Gasteiger charge is 2.12. The Balaban J connectivity index is 1.63. The van der Waals surface area contributed by atoms with Gasteiger partial charge in [-0.25, -0.2) is 0 Å². The molecule has 0 fully saturated rings. The lowest BCUT2D eigenvalue weighted by Gasteiger charge is -2.19. The van der Waals surface area contributed by atoms with E-state index in [0.717, 1.165) is 25.1 Å². The monoisotopic (exact) mass is 299 g/mol. The van der Waals surface area contributed by atoms with Gasteiger partial charge >= 0.3 is 0 Å². The summed E-state index contributed by atoms with van der Waals surface area (Å²) < 4.78 is 0. The average Bonchev–Trinajstić information content (AvgIpc) is 3.01. The topological polar surface area (TPSA) is 50.4 Å². The molecule has 2 aromatic rings. The van der Waals surface area contributed by atoms with Crippen molar-refractivity contribution in [2.24, 2.45) is 10.7 Å². The minimum absolute atomic E-state index is 0.519. The van der Waals surface area contributed by atoms with Gasteiger partial charge in [0.05, 0.1) is 0 Å². The smallest absolute Gasteiger partial charge is 0.193 e. The first-order valence-corrected chi connectivity index (χ1v) is 8.41. The third kappa shape index (κ3) is 3.64. The Kier molecular flexibility index (Phi) is 4.55. The summed E-state index contributed by atoms with van der Waals surface area (Å²) in [6.07, 6.45) is 5.83. The molecule has 4 heteroatoms. The van der Waals surface area contributed by atoms with Gasteiger partial charge < -0.3 is 11.1 Å². The number of aliphatic imine (C=N–C) groups is 1. The van der Waals surface area contributed by atoms with Gasteiger partial charge in [0.25, 0.3) is 0 Å². The highest BCUT2D eigenvalue weighted by molar-refractivity contribution is 7.09. The molecule has 3 N–H and O–H groups in total. The molecule has 0 spiro atoms. The minimum atomic E-state index is 0.519. The number of nitrogens with one attached hydrogen (secondary N) is 1. The summed E-state index contributed by atoms with van der Waals surface area (Å²) in [5, 5.41) is 5.38. The van der Waals surface area contributed by atoms with Crippen molar-refractivity contribution >= 4 is 23.0 Å². The van der Waals surface area contributed by atoms with Crippen LogP contribution in [0.2, 0.25) is 0 Å². The third-order valence-electron chi connectivity index (χ3n) is 3.88. The summed E-state index contributed by atoms with van der Waals surface area (Å²) in [5.41, 5.74) is 10.0. The molecule has 3 nitrogen and oxygen atoms in total. The normalized spacial score (nSPS) is 14.8. The van der Waals surface area contributed by atoms with Crippen LogP contribution in [0.1, 0.15) is 28.8 Å². The molecule has 1 heterocycles. The fourth-order valence-corrected chi connectivity index (χ4v) is 3.52. The predicted molar refractivity (Wildman–Crippen MR) is 91.2 cm³/mol. The van der Waals surface area contributed by atoms with Gasteiger partial charge in [-0.2, -0.15) is 0 Å². The number of hydrogen-bond acceptors (Lipinski definition) is 2. The number of thiophene rings is 1. The lowest BCUT2D eigenvalue weighted by atomic mass is 9.90. The van der Waals surface area contributed by atoms with Gasteiger partial charge in [0, 0.05) is 23.5 Å². The van der Waals surface area contributed by atoms with Gasteiger partial charge in [-0.3, -0.25) is 4.99 Å². The number of benzene rings is 1. The standard InChI is InChI=1S/C17H21N3S/c18-17(19-11-10-14-7-4-12-21-14)20-16-9-3-6-13-5-1-2-8-15(13)16/h3-4,6-7,9,12H,1-2,5,8,10-11H2,(H3,18,19,20). The first-order chi connectivity index (χ1) is 10.3. The van der Waals surface area contributed by atoms with Gasteiger partial charge in [-0.05, 0) is 54.3 Å². The molecule has 110 valence electrons. The molecule has 0 atom stereocenters. The summed E-state index contributed by atoms with van der Waals surface area (Å²) in [4.78, 5) is 5.78. The van der Waals surface area contributed by atoms with Crippen molar-refractivity contribution in [2.45, 2.75) is 32.1 Å². The molecule has 0 radical (unpaired) electrons. The van der Waals surface area contributed by atoms with Crippen LogP contribution < -0.4 is 11.1 Å². The molecule has 1 aliphatic rings. The molecular formula is C17H21N3S. The number of rotatable bonds is 4. The number of anilines is 1. The van der Waals surface area contributed by atoms with Crippen LogP contribution in [0, 0.1) is 0 Å². The molecule has 0 amide bonds. The van der Waals surface area contributed by atoms with Gasteiger partial charge in [-0.15, -0.1) is 11.3 Å². The Hall–Kier alpha value is -1.81. The van der Waals surface area contributed by atoms with Crippen LogP contribution in [-0.2, 0) is 19.3 Å². The maximum absolute atomic E-state index is 6.02. The Morgan fingerprint density at radius 3 is 2.95 bits per heavy atom. The maximum Gasteiger partial charge on any atom is 0.193 e. The van der Waals surface area contributed by atoms with Crippen molar-refractivity contribution in [3.63, 3.8) is 0 Å². The summed E-state index contributed by atoms with van der Waals surface area (Å²) in [6.45, 7) is 0.731. The molecule has 1 aromatic heterocycles. The number of nitrogens with zero attached hydrogens (tertiary/aromatic N) is 1. The molecule has 0 unspecified atom stereocenters. The van der Waals surface area contributed by atoms with Gasteiger partial charge in [0.1, 0.15) is 0 Å². The third-order valence-corrected chi connectivity index (χ3v) is 4.82. The largest absolute Gasteiger partial charge is 0.370 e. The first-order valence-electron chi connectivity index (χ1n) is 7.53. The van der Waals surface area contributed by atoms with Crippen molar-refractivity contribution in [1.29, 1.82) is 0 Å². The van der Waals surface area contributed by atoms with Crippen LogP contribution in [0.3, 0.4) is 0 Å². The van der Waals surface area contributed by atoms with Crippen molar-refractivity contribution in [1.82, 2.24) is 0 Å². The molecule has 0 bridgehead atoms. The average molecular weight is 299 g/mol. The fraction of sp³-hybridized carbons (Fsp3) is 0.353. The van der Waals surface area contributed by atoms with E-state index in [4.69, 9.17) is 5.73 Å². The van der Waals surface area contributed by atoms with Crippen LogP contribution in [0.4, 0.5) is 5.69 Å². The second-order valence-electron chi connectivity index (χ2n) is 5.37. The second kappa shape index (κ2) is 6.76. The zero-order valence-electron chi connectivity index (χ0n) is 12.1. The zero-order chi connectivity index (χ0) is 14.5. The lowest BCUT2D eigenvalue weighted by molar-refractivity contribution is 0.687. The van der Waals surface area contributed by atoms with E-state index in [0.29, 0.717) is 5.96 Å². The predicted octanol–water partition coefficient (Wildman–Crippen LogP) is 3.60. The van der Waals surface area contributed by atoms with Gasteiger partial charge in [0.2, 0.25) is 0 Å². The van der Waals surface area contributed by atoms with Crippen LogP contribution in [-0.4, -0.2) is 12.5 Å². The molecular weight excluding hydrogens is 278 g/mol. The van der Waals surface area contributed by atoms with E-state index in [1.54, 1.807) is 11.3 Å². The second-order valence-corrected chi connectivity index (χ2v) is 6.40. The number of hydrogen-bond donors (Lipinski definition) is 2. The van der Waals surface area contributed by atoms with Crippen molar-refractivity contribution in [3.8, 4) is 0 Å². The zero-order valence-corrected chi connectivity index (χ0v) is 13.0. The van der Waals surface area contributed by atoms with E-state index in [2.05, 4.69) is 46.0 Å². The Bertz CT molecular complexity index is 617. The van der Waals surface area contributed by atoms with Crippen molar-refractivity contribution < 1.29 is 0 Å². The van der Waals surface area contributed by atoms with E-state index in [9.17, 15) is 0 Å². The summed E-state index contributed by atoms with van der Waals surface area (Å²) in [6, 6.07) is 10.6. The van der Waals surface area contributed by atoms with E-state index in [-0.39, 0.29) is 0 Å².